The van der Waals surface area contributed by atoms with E-state index >= 15 is 0 Å². The molecule has 0 radical (unpaired) electrons. The monoisotopic (exact) mass is 331 g/mol. The van der Waals surface area contributed by atoms with E-state index in [2.05, 4.69) is 5.10 Å². The standard InChI is InChI=1S/C16H17N3O3S/c1-18-10-14(15(17-18)21-2)16(20)19(8-12-5-6-22-11-12)9-13-4-3-7-23-13/h3-7,10-11H,8-9H2,1-2H3. The summed E-state index contributed by atoms with van der Waals surface area (Å²) >= 11 is 1.62. The number of methoxy groups -OCH3 is 1. The third kappa shape index (κ3) is 3.45. The SMILES string of the molecule is COc1nn(C)cc1C(=O)N(Cc1ccoc1)Cc1cccs1. The van der Waals surface area contributed by atoms with E-state index in [4.69, 9.17) is 9.15 Å². The van der Waals surface area contributed by atoms with Gasteiger partial charge in [-0.3, -0.25) is 9.48 Å². The molecule has 0 saturated heterocycles. The van der Waals surface area contributed by atoms with Gasteiger partial charge in [-0.2, -0.15) is 0 Å². The zero-order valence-corrected chi connectivity index (χ0v) is 13.7. The van der Waals surface area contributed by atoms with Crippen LogP contribution in [0.2, 0.25) is 0 Å². The Morgan fingerprint density at radius 2 is 2.30 bits per heavy atom. The molecule has 0 N–H and O–H groups in total. The fourth-order valence-electron chi connectivity index (χ4n) is 2.33. The highest BCUT2D eigenvalue weighted by molar-refractivity contribution is 7.09. The quantitative estimate of drug-likeness (QED) is 0.697. The molecule has 3 aromatic heterocycles. The minimum Gasteiger partial charge on any atom is -0.479 e. The van der Waals surface area contributed by atoms with Crippen LogP contribution in [0.1, 0.15) is 20.8 Å². The third-order valence-electron chi connectivity index (χ3n) is 3.39. The van der Waals surface area contributed by atoms with Crippen LogP contribution in [-0.2, 0) is 20.1 Å². The van der Waals surface area contributed by atoms with Gasteiger partial charge in [0.1, 0.15) is 5.56 Å². The van der Waals surface area contributed by atoms with Gasteiger partial charge >= 0.3 is 0 Å². The van der Waals surface area contributed by atoms with Gasteiger partial charge in [-0.1, -0.05) is 6.07 Å². The number of carbonyl (C=O) groups excluding carboxylic acids is 1. The average Bonchev–Trinajstić information content (AvgIpc) is 3.27. The van der Waals surface area contributed by atoms with Crippen LogP contribution in [0, 0.1) is 0 Å². The molecule has 0 saturated carbocycles. The minimum absolute atomic E-state index is 0.121. The first-order valence-corrected chi connectivity index (χ1v) is 7.95. The van der Waals surface area contributed by atoms with E-state index in [1.165, 1.54) is 7.11 Å². The van der Waals surface area contributed by atoms with Crippen LogP contribution in [0.25, 0.3) is 0 Å². The maximum absolute atomic E-state index is 13.0. The van der Waals surface area contributed by atoms with Gasteiger partial charge in [0.25, 0.3) is 5.91 Å². The van der Waals surface area contributed by atoms with Gasteiger partial charge in [0.05, 0.1) is 26.2 Å². The Bertz CT molecular complexity index is 726. The first kappa shape index (κ1) is 15.4. The molecule has 0 aliphatic heterocycles. The number of rotatable bonds is 6. The van der Waals surface area contributed by atoms with Crippen molar-refractivity contribution in [3.63, 3.8) is 0 Å². The average molecular weight is 331 g/mol. The Hall–Kier alpha value is -2.54. The number of aryl methyl sites for hydroxylation is 1. The smallest absolute Gasteiger partial charge is 0.261 e. The van der Waals surface area contributed by atoms with E-state index in [0.717, 1.165) is 10.4 Å². The molecule has 3 aromatic rings. The van der Waals surface area contributed by atoms with Crippen LogP contribution in [0.4, 0.5) is 0 Å². The van der Waals surface area contributed by atoms with Crippen LogP contribution >= 0.6 is 11.3 Å². The maximum Gasteiger partial charge on any atom is 0.261 e. The molecule has 3 heterocycles. The van der Waals surface area contributed by atoms with E-state index in [1.807, 2.05) is 23.6 Å². The van der Waals surface area contributed by atoms with E-state index in [9.17, 15) is 4.79 Å². The molecule has 0 aromatic carbocycles. The molecule has 120 valence electrons. The molecule has 0 bridgehead atoms. The number of furan rings is 1. The summed E-state index contributed by atoms with van der Waals surface area (Å²) in [5.74, 6) is 0.213. The van der Waals surface area contributed by atoms with Crippen molar-refractivity contribution in [3.05, 3.63) is 58.3 Å². The summed E-state index contributed by atoms with van der Waals surface area (Å²) in [5.41, 5.74) is 1.40. The summed E-state index contributed by atoms with van der Waals surface area (Å²) in [7, 11) is 3.28. The second-order valence-electron chi connectivity index (χ2n) is 5.10. The predicted molar refractivity (Wildman–Crippen MR) is 86.4 cm³/mol. The van der Waals surface area contributed by atoms with Crippen molar-refractivity contribution in [1.82, 2.24) is 14.7 Å². The number of nitrogens with zero attached hydrogens (tertiary/aromatic N) is 3. The van der Waals surface area contributed by atoms with Crippen LogP contribution in [-0.4, -0.2) is 27.7 Å². The predicted octanol–water partition coefficient (Wildman–Crippen LogP) is 2.93. The molecule has 0 aliphatic rings. The molecule has 7 heteroatoms. The number of hydrogen-bond donors (Lipinski definition) is 0. The molecule has 6 nitrogen and oxygen atoms in total. The lowest BCUT2D eigenvalue weighted by Crippen LogP contribution is -2.29. The van der Waals surface area contributed by atoms with Gasteiger partial charge < -0.3 is 14.1 Å². The molecular formula is C16H17N3O3S. The Labute approximate surface area is 137 Å². The van der Waals surface area contributed by atoms with Gasteiger partial charge in [-0.15, -0.1) is 16.4 Å². The Balaban J connectivity index is 1.88. The van der Waals surface area contributed by atoms with E-state index in [1.54, 1.807) is 46.7 Å². The van der Waals surface area contributed by atoms with Crippen molar-refractivity contribution < 1.29 is 13.9 Å². The van der Waals surface area contributed by atoms with Crippen LogP contribution in [0.3, 0.4) is 0 Å². The normalized spacial score (nSPS) is 10.7. The van der Waals surface area contributed by atoms with Crippen molar-refractivity contribution in [2.24, 2.45) is 7.05 Å². The molecule has 0 unspecified atom stereocenters. The third-order valence-corrected chi connectivity index (χ3v) is 4.25. The molecule has 0 aliphatic carbocycles. The summed E-state index contributed by atoms with van der Waals surface area (Å²) in [6.07, 6.45) is 4.93. The Morgan fingerprint density at radius 3 is 2.96 bits per heavy atom. The number of amides is 1. The van der Waals surface area contributed by atoms with Crippen molar-refractivity contribution in [3.8, 4) is 5.88 Å². The molecular weight excluding hydrogens is 314 g/mol. The summed E-state index contributed by atoms with van der Waals surface area (Å²) in [4.78, 5) is 15.8. The largest absolute Gasteiger partial charge is 0.479 e. The second-order valence-corrected chi connectivity index (χ2v) is 6.13. The molecule has 0 fully saturated rings. The number of hydrogen-bond acceptors (Lipinski definition) is 5. The van der Waals surface area contributed by atoms with Gasteiger partial charge in [0.15, 0.2) is 0 Å². The van der Waals surface area contributed by atoms with Gasteiger partial charge in [0.2, 0.25) is 5.88 Å². The maximum atomic E-state index is 13.0. The molecule has 0 atom stereocenters. The van der Waals surface area contributed by atoms with Gasteiger partial charge in [-0.05, 0) is 17.5 Å². The van der Waals surface area contributed by atoms with Crippen molar-refractivity contribution in [2.75, 3.05) is 7.11 Å². The lowest BCUT2D eigenvalue weighted by Gasteiger charge is -2.21. The molecule has 1 amide bonds. The molecule has 0 spiro atoms. The van der Waals surface area contributed by atoms with Crippen molar-refractivity contribution in [2.45, 2.75) is 13.1 Å². The van der Waals surface area contributed by atoms with E-state index < -0.39 is 0 Å². The number of carbonyl (C=O) groups is 1. The Kier molecular flexibility index (Phi) is 4.47. The summed E-state index contributed by atoms with van der Waals surface area (Å²) in [5, 5.41) is 6.16. The Morgan fingerprint density at radius 1 is 1.43 bits per heavy atom. The summed E-state index contributed by atoms with van der Waals surface area (Å²) in [6, 6.07) is 5.85. The highest BCUT2D eigenvalue weighted by atomic mass is 32.1. The highest BCUT2D eigenvalue weighted by Crippen LogP contribution is 2.22. The first-order chi connectivity index (χ1) is 11.2. The fraction of sp³-hybridized carbons (Fsp3) is 0.250. The van der Waals surface area contributed by atoms with Gasteiger partial charge in [-0.25, -0.2) is 0 Å². The van der Waals surface area contributed by atoms with Crippen LogP contribution < -0.4 is 4.74 Å². The fourth-order valence-corrected chi connectivity index (χ4v) is 3.05. The van der Waals surface area contributed by atoms with Crippen LogP contribution in [0.15, 0.2) is 46.7 Å². The van der Waals surface area contributed by atoms with Crippen molar-refractivity contribution in [1.29, 1.82) is 0 Å². The number of thiophene rings is 1. The second kappa shape index (κ2) is 6.70. The number of ether oxygens (including phenoxy) is 1. The zero-order chi connectivity index (χ0) is 16.2. The lowest BCUT2D eigenvalue weighted by atomic mass is 10.2. The van der Waals surface area contributed by atoms with Crippen LogP contribution in [0.5, 0.6) is 5.88 Å². The summed E-state index contributed by atoms with van der Waals surface area (Å²) in [6.45, 7) is 0.991. The molecule has 23 heavy (non-hydrogen) atoms. The van der Waals surface area contributed by atoms with E-state index in [-0.39, 0.29) is 5.91 Å². The summed E-state index contributed by atoms with van der Waals surface area (Å²) < 4.78 is 11.9. The van der Waals surface area contributed by atoms with Gasteiger partial charge in [0, 0.05) is 30.2 Å². The first-order valence-electron chi connectivity index (χ1n) is 7.07. The minimum atomic E-state index is -0.121. The molecule has 3 rings (SSSR count). The highest BCUT2D eigenvalue weighted by Gasteiger charge is 2.23. The lowest BCUT2D eigenvalue weighted by molar-refractivity contribution is 0.0728. The number of aromatic nitrogens is 2. The zero-order valence-electron chi connectivity index (χ0n) is 12.9. The van der Waals surface area contributed by atoms with E-state index in [0.29, 0.717) is 24.5 Å². The van der Waals surface area contributed by atoms with Crippen molar-refractivity contribution >= 4 is 17.2 Å². The topological polar surface area (TPSA) is 60.5 Å².